The second-order valence-corrected chi connectivity index (χ2v) is 26.1. The van der Waals surface area contributed by atoms with Crippen molar-refractivity contribution in [3.05, 3.63) is 109 Å². The molecule has 1 fully saturated rings. The first-order chi connectivity index (χ1) is 44.3. The molecule has 1 saturated heterocycles. The van der Waals surface area contributed by atoms with Gasteiger partial charge in [0.2, 0.25) is 5.91 Å². The standard InChI is InChI=1S/C81H143NO8/c1-3-5-7-9-11-13-15-17-19-21-23-25-27-29-31-33-35-37-38-39-41-43-45-47-49-51-53-55-57-59-61-63-65-67-69-71-77(85)82-74(73-89-81-80(88)79(87)78(86)76(72-83)90-81)75(84)70-68-66-64-62-60-58-56-54-52-50-48-46-44-42-40-36-34-32-30-28-26-24-22-20-18-16-14-12-10-8-6-4-2/h5,7,11,13,17,19,23,25,29,31,35,37,39,41,45,47,68,70,74-76,78-81,83-84,86-88H,3-4,6,8-10,12,14-16,18,20-22,24,26-28,30,32-34,36,38,40,42-44,46,48-67,69,71-73H2,1-2H3,(H,82,85)/b7-5-,13-11-,19-17-,25-23-,31-29-,37-35-,41-39-,47-45-,70-68+. The van der Waals surface area contributed by atoms with Gasteiger partial charge >= 0.3 is 0 Å². The number of hydrogen-bond donors (Lipinski definition) is 6. The van der Waals surface area contributed by atoms with Gasteiger partial charge < -0.3 is 40.3 Å². The van der Waals surface area contributed by atoms with E-state index >= 15 is 0 Å². The average Bonchev–Trinajstić information content (AvgIpc) is 1.28. The maximum absolute atomic E-state index is 13.2. The summed E-state index contributed by atoms with van der Waals surface area (Å²) in [6.45, 7) is 3.70. The maximum Gasteiger partial charge on any atom is 0.220 e. The van der Waals surface area contributed by atoms with Crippen LogP contribution in [0.25, 0.3) is 0 Å². The van der Waals surface area contributed by atoms with Gasteiger partial charge in [0.05, 0.1) is 25.4 Å². The molecule has 7 unspecified atom stereocenters. The molecule has 0 aromatic heterocycles. The lowest BCUT2D eigenvalue weighted by molar-refractivity contribution is -0.302. The van der Waals surface area contributed by atoms with Gasteiger partial charge in [0.15, 0.2) is 6.29 Å². The number of allylic oxidation sites excluding steroid dienone is 17. The first kappa shape index (κ1) is 84.9. The van der Waals surface area contributed by atoms with E-state index in [4.69, 9.17) is 9.47 Å². The zero-order valence-corrected chi connectivity index (χ0v) is 58.4. The second kappa shape index (κ2) is 68.7. The summed E-state index contributed by atoms with van der Waals surface area (Å²) in [5.41, 5.74) is 0. The summed E-state index contributed by atoms with van der Waals surface area (Å²) < 4.78 is 11.3. The van der Waals surface area contributed by atoms with Crippen LogP contribution in [0, 0.1) is 0 Å². The van der Waals surface area contributed by atoms with Crippen molar-refractivity contribution in [3.8, 4) is 0 Å². The van der Waals surface area contributed by atoms with E-state index in [0.717, 1.165) is 103 Å². The number of aliphatic hydroxyl groups excluding tert-OH is 5. The van der Waals surface area contributed by atoms with Crippen molar-refractivity contribution < 1.29 is 39.8 Å². The van der Waals surface area contributed by atoms with Crippen LogP contribution in [0.3, 0.4) is 0 Å². The van der Waals surface area contributed by atoms with Gasteiger partial charge in [-0.15, -0.1) is 0 Å². The molecule has 0 bridgehead atoms. The Balaban J connectivity index is 2.13. The van der Waals surface area contributed by atoms with Crippen molar-refractivity contribution in [1.29, 1.82) is 0 Å². The molecule has 0 saturated carbocycles. The highest BCUT2D eigenvalue weighted by Gasteiger charge is 2.44. The van der Waals surface area contributed by atoms with E-state index in [1.54, 1.807) is 6.08 Å². The molecule has 1 rings (SSSR count). The highest BCUT2D eigenvalue weighted by atomic mass is 16.7. The minimum atomic E-state index is -1.57. The maximum atomic E-state index is 13.2. The fourth-order valence-corrected chi connectivity index (χ4v) is 11.7. The normalized spacial score (nSPS) is 18.4. The number of ether oxygens (including phenoxy) is 2. The van der Waals surface area contributed by atoms with Crippen LogP contribution in [0.15, 0.2) is 109 Å². The van der Waals surface area contributed by atoms with Crippen molar-refractivity contribution >= 4 is 5.91 Å². The number of amides is 1. The largest absolute Gasteiger partial charge is 0.394 e. The third kappa shape index (κ3) is 56.4. The molecule has 0 aromatic rings. The molecule has 9 heteroatoms. The Hall–Kier alpha value is -3.15. The quantitative estimate of drug-likeness (QED) is 0.0261. The van der Waals surface area contributed by atoms with Crippen molar-refractivity contribution in [2.24, 2.45) is 0 Å². The van der Waals surface area contributed by atoms with Crippen molar-refractivity contribution in [2.75, 3.05) is 13.2 Å². The molecule has 0 aromatic carbocycles. The fraction of sp³-hybridized carbons (Fsp3) is 0.765. The number of hydrogen-bond acceptors (Lipinski definition) is 8. The Bertz CT molecular complexity index is 1800. The topological polar surface area (TPSA) is 149 Å². The molecule has 1 amide bonds. The first-order valence-electron chi connectivity index (χ1n) is 38.1. The summed E-state index contributed by atoms with van der Waals surface area (Å²) in [6.07, 6.45) is 94.9. The van der Waals surface area contributed by atoms with E-state index in [1.165, 1.54) is 218 Å². The Labute approximate surface area is 555 Å². The Morgan fingerprint density at radius 2 is 0.689 bits per heavy atom. The molecule has 0 radical (unpaired) electrons. The Kier molecular flexibility index (Phi) is 64.8. The highest BCUT2D eigenvalue weighted by molar-refractivity contribution is 5.76. The molecule has 90 heavy (non-hydrogen) atoms. The van der Waals surface area contributed by atoms with Gasteiger partial charge in [-0.05, 0) is 83.5 Å². The third-order valence-corrected chi connectivity index (χ3v) is 17.6. The lowest BCUT2D eigenvalue weighted by Crippen LogP contribution is -2.60. The van der Waals surface area contributed by atoms with E-state index in [-0.39, 0.29) is 12.5 Å². The average molecular weight is 1260 g/mol. The molecule has 520 valence electrons. The molecule has 0 spiro atoms. The van der Waals surface area contributed by atoms with E-state index < -0.39 is 49.5 Å². The van der Waals surface area contributed by atoms with E-state index in [1.807, 2.05) is 6.08 Å². The van der Waals surface area contributed by atoms with Gasteiger partial charge in [-0.3, -0.25) is 4.79 Å². The number of rotatable bonds is 66. The zero-order valence-electron chi connectivity index (χ0n) is 58.4. The van der Waals surface area contributed by atoms with Crippen LogP contribution >= 0.6 is 0 Å². The monoisotopic (exact) mass is 1260 g/mol. The van der Waals surface area contributed by atoms with Crippen LogP contribution < -0.4 is 5.32 Å². The number of carbonyl (C=O) groups excluding carboxylic acids is 1. The molecular formula is C81H143NO8. The van der Waals surface area contributed by atoms with Gasteiger partial charge in [0.1, 0.15) is 24.4 Å². The number of aliphatic hydroxyl groups is 5. The van der Waals surface area contributed by atoms with Crippen LogP contribution in [0.4, 0.5) is 0 Å². The van der Waals surface area contributed by atoms with Gasteiger partial charge in [0.25, 0.3) is 0 Å². The second-order valence-electron chi connectivity index (χ2n) is 26.1. The van der Waals surface area contributed by atoms with E-state index in [0.29, 0.717) is 6.42 Å². The number of unbranched alkanes of at least 4 members (excludes halogenated alkanes) is 40. The van der Waals surface area contributed by atoms with Gasteiger partial charge in [0, 0.05) is 6.42 Å². The van der Waals surface area contributed by atoms with Gasteiger partial charge in [-0.2, -0.15) is 0 Å². The lowest BCUT2D eigenvalue weighted by atomic mass is 9.99. The van der Waals surface area contributed by atoms with E-state index in [9.17, 15) is 30.3 Å². The first-order valence-corrected chi connectivity index (χ1v) is 38.1. The van der Waals surface area contributed by atoms with Crippen molar-refractivity contribution in [1.82, 2.24) is 5.32 Å². The van der Waals surface area contributed by atoms with Crippen LogP contribution in [0.1, 0.15) is 341 Å². The van der Waals surface area contributed by atoms with Crippen LogP contribution in [0.2, 0.25) is 0 Å². The van der Waals surface area contributed by atoms with Crippen LogP contribution in [0.5, 0.6) is 0 Å². The predicted octanol–water partition coefficient (Wildman–Crippen LogP) is 21.6. The summed E-state index contributed by atoms with van der Waals surface area (Å²) in [5.74, 6) is -0.181. The fourth-order valence-electron chi connectivity index (χ4n) is 11.7. The summed E-state index contributed by atoms with van der Waals surface area (Å²) in [7, 11) is 0. The molecule has 1 aliphatic rings. The summed E-state index contributed by atoms with van der Waals surface area (Å²) in [4.78, 5) is 13.2. The lowest BCUT2D eigenvalue weighted by Gasteiger charge is -2.40. The Morgan fingerprint density at radius 3 is 1.02 bits per heavy atom. The molecule has 9 nitrogen and oxygen atoms in total. The molecule has 7 atom stereocenters. The summed E-state index contributed by atoms with van der Waals surface area (Å²) in [6, 6.07) is -0.817. The van der Waals surface area contributed by atoms with Crippen LogP contribution in [-0.2, 0) is 14.3 Å². The molecule has 6 N–H and O–H groups in total. The van der Waals surface area contributed by atoms with Gasteiger partial charge in [-0.1, -0.05) is 361 Å². The molecule has 1 aliphatic heterocycles. The minimum Gasteiger partial charge on any atom is -0.394 e. The van der Waals surface area contributed by atoms with Gasteiger partial charge in [-0.25, -0.2) is 0 Å². The SMILES string of the molecule is CC/C=C\C/C=C\C/C=C\C/C=C\C/C=C\C/C=C\C/C=C\C/C=C\CCCCCCCCCCCCC(=O)NC(COC1OC(CO)C(O)C(O)C1O)C(O)/C=C/CCCCCCCCCCCCCCCCCCCCCCCCCCCCCCCC. The smallest absolute Gasteiger partial charge is 0.220 e. The summed E-state index contributed by atoms with van der Waals surface area (Å²) in [5, 5.41) is 54.9. The highest BCUT2D eigenvalue weighted by Crippen LogP contribution is 2.23. The van der Waals surface area contributed by atoms with Crippen LogP contribution in [-0.4, -0.2) is 87.5 Å². The van der Waals surface area contributed by atoms with Crippen molar-refractivity contribution in [3.63, 3.8) is 0 Å². The molecular weight excluding hydrogens is 1110 g/mol. The van der Waals surface area contributed by atoms with Crippen molar-refractivity contribution in [2.45, 2.75) is 384 Å². The molecule has 0 aliphatic carbocycles. The molecule has 1 heterocycles. The number of nitrogens with one attached hydrogen (secondary N) is 1. The van der Waals surface area contributed by atoms with E-state index in [2.05, 4.69) is 116 Å². The zero-order chi connectivity index (χ0) is 64.9. The predicted molar refractivity (Wildman–Crippen MR) is 387 cm³/mol. The summed E-state index contributed by atoms with van der Waals surface area (Å²) >= 11 is 0. The number of carbonyl (C=O) groups is 1. The minimum absolute atomic E-state index is 0.181. The third-order valence-electron chi connectivity index (χ3n) is 17.6. The Morgan fingerprint density at radius 1 is 0.389 bits per heavy atom.